The maximum Gasteiger partial charge on any atom is 0.217 e. The maximum absolute atomic E-state index is 12.6. The van der Waals surface area contributed by atoms with Crippen molar-refractivity contribution in [3.05, 3.63) is 33.8 Å². The monoisotopic (exact) mass is 406 g/mol. The lowest BCUT2D eigenvalue weighted by Crippen LogP contribution is -3.00. The summed E-state index contributed by atoms with van der Waals surface area (Å²) in [6.07, 6.45) is 0. The van der Waals surface area contributed by atoms with Crippen molar-refractivity contribution in [2.45, 2.75) is 0 Å². The third kappa shape index (κ3) is 2.94. The summed E-state index contributed by atoms with van der Waals surface area (Å²) in [7, 11) is 0. The number of ketones is 1. The second-order valence-corrected chi connectivity index (χ2v) is 7.23. The van der Waals surface area contributed by atoms with Gasteiger partial charge in [-0.25, -0.2) is 14.7 Å². The molecule has 4 aliphatic heterocycles. The van der Waals surface area contributed by atoms with Crippen LogP contribution in [-0.2, 0) is 0 Å². The summed E-state index contributed by atoms with van der Waals surface area (Å²) in [5.74, 6) is 0.138. The summed E-state index contributed by atoms with van der Waals surface area (Å²) < 4.78 is 0.805. The standard InChI is InChI=1S/C14H17Cl2N4O.BrH/c15-12-2-1-11(3-13(12)16)14(21)4-20-8-17-5-18(9-20)7-19(6-17)10-20;/h1-3H,4-10H2;1H/q+1;/p-1. The molecule has 0 atom stereocenters. The summed E-state index contributed by atoms with van der Waals surface area (Å²) in [6.45, 7) is 6.47. The van der Waals surface area contributed by atoms with Crippen LogP contribution in [-0.4, -0.2) is 71.5 Å². The van der Waals surface area contributed by atoms with Crippen molar-refractivity contribution in [2.75, 3.05) is 46.6 Å². The average Bonchev–Trinajstić information content (AvgIpc) is 2.39. The fraction of sp³-hybridized carbons (Fsp3) is 0.500. The van der Waals surface area contributed by atoms with Crippen LogP contribution < -0.4 is 17.0 Å². The lowest BCUT2D eigenvalue weighted by molar-refractivity contribution is -0.973. The van der Waals surface area contributed by atoms with Crippen LogP contribution in [0.4, 0.5) is 0 Å². The van der Waals surface area contributed by atoms with Crippen molar-refractivity contribution >= 4 is 29.0 Å². The summed E-state index contributed by atoms with van der Waals surface area (Å²) in [6, 6.07) is 5.14. The van der Waals surface area contributed by atoms with Crippen LogP contribution in [0.15, 0.2) is 18.2 Å². The minimum Gasteiger partial charge on any atom is -1.00 e. The summed E-state index contributed by atoms with van der Waals surface area (Å²) in [5, 5.41) is 0.928. The Balaban J connectivity index is 0.00000144. The molecule has 22 heavy (non-hydrogen) atoms. The smallest absolute Gasteiger partial charge is 0.217 e. The summed E-state index contributed by atoms with van der Waals surface area (Å²) in [5.41, 5.74) is 0.651. The number of halogens is 3. The van der Waals surface area contributed by atoms with E-state index in [9.17, 15) is 4.79 Å². The Hall–Kier alpha value is -0.210. The van der Waals surface area contributed by atoms with Gasteiger partial charge in [0.05, 0.1) is 30.1 Å². The third-order valence-corrected chi connectivity index (χ3v) is 5.16. The van der Waals surface area contributed by atoms with E-state index >= 15 is 0 Å². The van der Waals surface area contributed by atoms with Crippen LogP contribution in [0.25, 0.3) is 0 Å². The maximum atomic E-state index is 12.6. The quantitative estimate of drug-likeness (QED) is 0.459. The van der Waals surface area contributed by atoms with Gasteiger partial charge in [-0.2, -0.15) is 0 Å². The molecule has 0 N–H and O–H groups in total. The number of quaternary nitrogens is 1. The van der Waals surface area contributed by atoms with Crippen molar-refractivity contribution in [1.82, 2.24) is 14.7 Å². The van der Waals surface area contributed by atoms with E-state index in [2.05, 4.69) is 14.7 Å². The molecule has 4 heterocycles. The van der Waals surface area contributed by atoms with E-state index in [-0.39, 0.29) is 22.8 Å². The molecule has 120 valence electrons. The van der Waals surface area contributed by atoms with Gasteiger partial charge >= 0.3 is 0 Å². The van der Waals surface area contributed by atoms with E-state index in [0.29, 0.717) is 22.2 Å². The van der Waals surface area contributed by atoms with E-state index < -0.39 is 0 Å². The normalized spacial score (nSPS) is 35.3. The lowest BCUT2D eigenvalue weighted by Gasteiger charge is -2.60. The van der Waals surface area contributed by atoms with Crippen LogP contribution in [0.5, 0.6) is 0 Å². The molecule has 4 fully saturated rings. The van der Waals surface area contributed by atoms with Gasteiger partial charge in [0, 0.05) is 5.56 Å². The zero-order valence-electron chi connectivity index (χ0n) is 12.0. The molecule has 4 bridgehead atoms. The van der Waals surface area contributed by atoms with Crippen molar-refractivity contribution in [2.24, 2.45) is 0 Å². The van der Waals surface area contributed by atoms with Crippen molar-refractivity contribution < 1.29 is 26.3 Å². The Kier molecular flexibility index (Phi) is 4.55. The SMILES string of the molecule is O=C(C[N+]12CN3CN(CN(C3)C1)C2)c1ccc(Cl)c(Cl)c1.[Br-]. The molecule has 4 aliphatic rings. The molecular formula is C14H17BrCl2N4O. The molecule has 5 nitrogen and oxygen atoms in total. The molecule has 8 heteroatoms. The first-order valence-electron chi connectivity index (χ1n) is 7.03. The van der Waals surface area contributed by atoms with Crippen molar-refractivity contribution in [3.63, 3.8) is 0 Å². The van der Waals surface area contributed by atoms with Gasteiger partial charge in [0.15, 0.2) is 0 Å². The van der Waals surface area contributed by atoms with Gasteiger partial charge in [-0.3, -0.25) is 9.28 Å². The van der Waals surface area contributed by atoms with Crippen LogP contribution in [0.3, 0.4) is 0 Å². The number of rotatable bonds is 3. The number of hydrogen-bond donors (Lipinski definition) is 0. The Morgan fingerprint density at radius 3 is 2.05 bits per heavy atom. The highest BCUT2D eigenvalue weighted by Crippen LogP contribution is 2.29. The number of carbonyl (C=O) groups is 1. The number of nitrogens with zero attached hydrogens (tertiary/aromatic N) is 4. The molecule has 0 spiro atoms. The molecule has 5 rings (SSSR count). The summed E-state index contributed by atoms with van der Waals surface area (Å²) >= 11 is 11.9. The highest BCUT2D eigenvalue weighted by atomic mass is 79.9. The van der Waals surface area contributed by atoms with E-state index in [4.69, 9.17) is 23.2 Å². The highest BCUT2D eigenvalue weighted by Gasteiger charge is 2.49. The van der Waals surface area contributed by atoms with Gasteiger partial charge in [0.2, 0.25) is 5.78 Å². The number of Topliss-reactive ketones (excluding diaryl/α,β-unsaturated/α-hetero) is 1. The highest BCUT2D eigenvalue weighted by molar-refractivity contribution is 6.42. The van der Waals surface area contributed by atoms with E-state index in [1.807, 2.05) is 0 Å². The molecule has 0 aliphatic carbocycles. The zero-order valence-corrected chi connectivity index (χ0v) is 15.1. The molecule has 1 aromatic rings. The Morgan fingerprint density at radius 2 is 1.55 bits per heavy atom. The Morgan fingerprint density at radius 1 is 1.00 bits per heavy atom. The Bertz CT molecular complexity index is 577. The minimum atomic E-state index is 0. The van der Waals surface area contributed by atoms with Gasteiger partial charge in [-0.05, 0) is 18.2 Å². The molecule has 0 aromatic heterocycles. The molecule has 0 amide bonds. The molecule has 4 saturated heterocycles. The molecule has 0 saturated carbocycles. The average molecular weight is 408 g/mol. The second-order valence-electron chi connectivity index (χ2n) is 6.41. The van der Waals surface area contributed by atoms with Crippen LogP contribution in [0.2, 0.25) is 10.0 Å². The number of benzene rings is 1. The molecule has 1 aromatic carbocycles. The minimum absolute atomic E-state index is 0. The molecular weight excluding hydrogens is 391 g/mol. The van der Waals surface area contributed by atoms with Gasteiger partial charge in [-0.1, -0.05) is 23.2 Å². The first-order chi connectivity index (χ1) is 10.0. The topological polar surface area (TPSA) is 26.8 Å². The van der Waals surface area contributed by atoms with Gasteiger partial charge in [0.25, 0.3) is 0 Å². The van der Waals surface area contributed by atoms with Gasteiger partial charge in [0.1, 0.15) is 26.6 Å². The van der Waals surface area contributed by atoms with E-state index in [1.54, 1.807) is 18.2 Å². The number of carbonyl (C=O) groups excluding carboxylic acids is 1. The van der Waals surface area contributed by atoms with E-state index in [0.717, 1.165) is 44.5 Å². The largest absolute Gasteiger partial charge is 1.00 e. The zero-order chi connectivity index (χ0) is 14.6. The fourth-order valence-electron chi connectivity index (χ4n) is 3.87. The first-order valence-corrected chi connectivity index (χ1v) is 7.79. The molecule has 0 unspecified atom stereocenters. The van der Waals surface area contributed by atoms with Crippen LogP contribution in [0, 0.1) is 0 Å². The number of hydrogen-bond acceptors (Lipinski definition) is 4. The van der Waals surface area contributed by atoms with Crippen LogP contribution in [0.1, 0.15) is 10.4 Å². The van der Waals surface area contributed by atoms with Gasteiger partial charge in [-0.15, -0.1) is 0 Å². The lowest BCUT2D eigenvalue weighted by atomic mass is 10.1. The van der Waals surface area contributed by atoms with Crippen molar-refractivity contribution in [1.29, 1.82) is 0 Å². The van der Waals surface area contributed by atoms with E-state index in [1.165, 1.54) is 0 Å². The van der Waals surface area contributed by atoms with Crippen LogP contribution >= 0.6 is 23.2 Å². The molecule has 0 radical (unpaired) electrons. The predicted molar refractivity (Wildman–Crippen MR) is 80.6 cm³/mol. The third-order valence-electron chi connectivity index (χ3n) is 4.42. The Labute approximate surface area is 150 Å². The second kappa shape index (κ2) is 6.02. The van der Waals surface area contributed by atoms with Crippen molar-refractivity contribution in [3.8, 4) is 0 Å². The summed E-state index contributed by atoms with van der Waals surface area (Å²) in [4.78, 5) is 19.8. The predicted octanol–water partition coefficient (Wildman–Crippen LogP) is -1.31. The fourth-order valence-corrected chi connectivity index (χ4v) is 4.17. The first kappa shape index (κ1) is 16.6. The van der Waals surface area contributed by atoms with Gasteiger partial charge < -0.3 is 17.0 Å².